The highest BCUT2D eigenvalue weighted by molar-refractivity contribution is 6.35. The van der Waals surface area contributed by atoms with Crippen molar-refractivity contribution in [1.82, 2.24) is 9.97 Å². The maximum absolute atomic E-state index is 6.12. The van der Waals surface area contributed by atoms with Crippen LogP contribution in [0.1, 0.15) is 5.56 Å². The highest BCUT2D eigenvalue weighted by Gasteiger charge is 2.10. The van der Waals surface area contributed by atoms with E-state index in [0.717, 1.165) is 33.7 Å². The second kappa shape index (κ2) is 4.03. The van der Waals surface area contributed by atoms with Crippen molar-refractivity contribution in [3.05, 3.63) is 47.0 Å². The maximum Gasteiger partial charge on any atom is 0.140 e. The van der Waals surface area contributed by atoms with Gasteiger partial charge in [-0.3, -0.25) is 0 Å². The summed E-state index contributed by atoms with van der Waals surface area (Å²) in [5.41, 5.74) is 10.5. The largest absolute Gasteiger partial charge is 0.398 e. The molecule has 4 heteroatoms. The van der Waals surface area contributed by atoms with Crippen LogP contribution in [0, 0.1) is 6.92 Å². The lowest BCUT2D eigenvalue weighted by Crippen LogP contribution is -1.94. The predicted octanol–water partition coefficient (Wildman–Crippen LogP) is 3.77. The second-order valence-electron chi connectivity index (χ2n) is 4.26. The molecule has 0 fully saturated rings. The lowest BCUT2D eigenvalue weighted by molar-refractivity contribution is 1.33. The van der Waals surface area contributed by atoms with E-state index in [1.165, 1.54) is 0 Å². The summed E-state index contributed by atoms with van der Waals surface area (Å²) in [7, 11) is 0. The summed E-state index contributed by atoms with van der Waals surface area (Å²) in [5, 5.41) is 0.640. The zero-order chi connectivity index (χ0) is 12.7. The number of aromatic nitrogens is 2. The van der Waals surface area contributed by atoms with Crippen LogP contribution < -0.4 is 5.73 Å². The number of nitrogens with zero attached hydrogens (tertiary/aromatic N) is 1. The second-order valence-corrected chi connectivity index (χ2v) is 4.66. The summed E-state index contributed by atoms with van der Waals surface area (Å²) < 4.78 is 0. The van der Waals surface area contributed by atoms with Gasteiger partial charge in [0.15, 0.2) is 0 Å². The number of hydrogen-bond acceptors (Lipinski definition) is 2. The van der Waals surface area contributed by atoms with Crippen LogP contribution >= 0.6 is 11.6 Å². The molecule has 0 amide bonds. The summed E-state index contributed by atoms with van der Waals surface area (Å²) in [6.07, 6.45) is 0. The maximum atomic E-state index is 6.12. The van der Waals surface area contributed by atoms with E-state index in [1.807, 2.05) is 43.3 Å². The van der Waals surface area contributed by atoms with Gasteiger partial charge in [0.2, 0.25) is 0 Å². The van der Waals surface area contributed by atoms with E-state index in [9.17, 15) is 0 Å². The molecular formula is C14H12ClN3. The number of fused-ring (bicyclic) bond motifs is 1. The van der Waals surface area contributed by atoms with Crippen molar-refractivity contribution in [2.45, 2.75) is 6.92 Å². The molecule has 0 aliphatic rings. The average molecular weight is 258 g/mol. The average Bonchev–Trinajstić information content (AvgIpc) is 2.78. The molecule has 3 aromatic rings. The smallest absolute Gasteiger partial charge is 0.140 e. The van der Waals surface area contributed by atoms with Crippen LogP contribution in [0.3, 0.4) is 0 Å². The molecule has 2 aromatic carbocycles. The minimum Gasteiger partial charge on any atom is -0.398 e. The molecule has 1 heterocycles. The van der Waals surface area contributed by atoms with Crippen LogP contribution in [0.2, 0.25) is 5.02 Å². The number of hydrogen-bond donors (Lipinski definition) is 2. The lowest BCUT2D eigenvalue weighted by Gasteiger charge is -2.04. The number of anilines is 1. The molecule has 0 radical (unpaired) electrons. The van der Waals surface area contributed by atoms with Crippen LogP contribution in [-0.4, -0.2) is 9.97 Å². The predicted molar refractivity (Wildman–Crippen MR) is 75.7 cm³/mol. The van der Waals surface area contributed by atoms with Crippen molar-refractivity contribution >= 4 is 28.3 Å². The summed E-state index contributed by atoms with van der Waals surface area (Å²) in [6, 6.07) is 11.6. The SMILES string of the molecule is Cc1cccc(-c2nc3c(Cl)cccc3[nH]2)c1N. The minimum atomic E-state index is 0.640. The Morgan fingerprint density at radius 1 is 1.17 bits per heavy atom. The summed E-state index contributed by atoms with van der Waals surface area (Å²) in [5.74, 6) is 0.749. The van der Waals surface area contributed by atoms with Crippen LogP contribution in [0.25, 0.3) is 22.4 Å². The number of aromatic amines is 1. The van der Waals surface area contributed by atoms with Crippen molar-refractivity contribution < 1.29 is 0 Å². The number of para-hydroxylation sites is 2. The third-order valence-electron chi connectivity index (χ3n) is 3.04. The zero-order valence-corrected chi connectivity index (χ0v) is 10.6. The Morgan fingerprint density at radius 3 is 2.72 bits per heavy atom. The Hall–Kier alpha value is -2.00. The quantitative estimate of drug-likeness (QED) is 0.652. The Bertz CT molecular complexity index is 731. The monoisotopic (exact) mass is 257 g/mol. The van der Waals surface area contributed by atoms with Gasteiger partial charge in [-0.15, -0.1) is 0 Å². The van der Waals surface area contributed by atoms with Crippen molar-refractivity contribution in [2.24, 2.45) is 0 Å². The summed E-state index contributed by atoms with van der Waals surface area (Å²) >= 11 is 6.12. The Kier molecular flexibility index (Phi) is 2.49. The molecule has 0 saturated heterocycles. The zero-order valence-electron chi connectivity index (χ0n) is 9.87. The summed E-state index contributed by atoms with van der Waals surface area (Å²) in [4.78, 5) is 7.76. The van der Waals surface area contributed by atoms with Gasteiger partial charge < -0.3 is 10.7 Å². The van der Waals surface area contributed by atoms with E-state index in [4.69, 9.17) is 17.3 Å². The molecule has 0 spiro atoms. The number of H-pyrrole nitrogens is 1. The Labute approximate surface area is 110 Å². The molecule has 3 N–H and O–H groups in total. The molecule has 3 rings (SSSR count). The standard InChI is InChI=1S/C14H12ClN3/c1-8-4-2-5-9(12(8)16)14-17-11-7-3-6-10(15)13(11)18-14/h2-7H,16H2,1H3,(H,17,18). The van der Waals surface area contributed by atoms with E-state index < -0.39 is 0 Å². The number of rotatable bonds is 1. The van der Waals surface area contributed by atoms with Gasteiger partial charge in [0, 0.05) is 11.3 Å². The first-order valence-electron chi connectivity index (χ1n) is 5.66. The van der Waals surface area contributed by atoms with E-state index in [1.54, 1.807) is 0 Å². The first-order chi connectivity index (χ1) is 8.66. The van der Waals surface area contributed by atoms with Crippen LogP contribution in [0.4, 0.5) is 5.69 Å². The van der Waals surface area contributed by atoms with Gasteiger partial charge in [-0.1, -0.05) is 29.8 Å². The topological polar surface area (TPSA) is 54.7 Å². The number of nitrogens with two attached hydrogens (primary N) is 1. The highest BCUT2D eigenvalue weighted by atomic mass is 35.5. The molecule has 0 bridgehead atoms. The van der Waals surface area contributed by atoms with Crippen LogP contribution in [0.5, 0.6) is 0 Å². The third kappa shape index (κ3) is 1.64. The van der Waals surface area contributed by atoms with Crippen molar-refractivity contribution in [1.29, 1.82) is 0 Å². The van der Waals surface area contributed by atoms with E-state index in [0.29, 0.717) is 5.02 Å². The molecule has 18 heavy (non-hydrogen) atoms. The third-order valence-corrected chi connectivity index (χ3v) is 3.35. The van der Waals surface area contributed by atoms with Crippen molar-refractivity contribution in [2.75, 3.05) is 5.73 Å². The molecule has 90 valence electrons. The fourth-order valence-electron chi connectivity index (χ4n) is 2.01. The van der Waals surface area contributed by atoms with Gasteiger partial charge >= 0.3 is 0 Å². The van der Waals surface area contributed by atoms with Gasteiger partial charge in [0.05, 0.1) is 10.5 Å². The van der Waals surface area contributed by atoms with Gasteiger partial charge in [0.25, 0.3) is 0 Å². The fourth-order valence-corrected chi connectivity index (χ4v) is 2.23. The number of halogens is 1. The fraction of sp³-hybridized carbons (Fsp3) is 0.0714. The number of nitrogen functional groups attached to an aromatic ring is 1. The Morgan fingerprint density at radius 2 is 1.94 bits per heavy atom. The minimum absolute atomic E-state index is 0.640. The normalized spacial score (nSPS) is 11.0. The van der Waals surface area contributed by atoms with Crippen LogP contribution in [0.15, 0.2) is 36.4 Å². The molecule has 0 aliphatic carbocycles. The summed E-state index contributed by atoms with van der Waals surface area (Å²) in [6.45, 7) is 1.98. The molecule has 3 nitrogen and oxygen atoms in total. The van der Waals surface area contributed by atoms with Crippen molar-refractivity contribution in [3.63, 3.8) is 0 Å². The Balaban J connectivity index is 2.26. The van der Waals surface area contributed by atoms with Gasteiger partial charge in [-0.2, -0.15) is 0 Å². The lowest BCUT2D eigenvalue weighted by atomic mass is 10.1. The van der Waals surface area contributed by atoms with Gasteiger partial charge in [-0.05, 0) is 30.7 Å². The molecule has 0 aliphatic heterocycles. The first kappa shape index (κ1) is 11.1. The number of imidazole rings is 1. The molecule has 0 atom stereocenters. The molecular weight excluding hydrogens is 246 g/mol. The van der Waals surface area contributed by atoms with E-state index >= 15 is 0 Å². The molecule has 0 saturated carbocycles. The van der Waals surface area contributed by atoms with E-state index in [2.05, 4.69) is 9.97 Å². The van der Waals surface area contributed by atoms with Gasteiger partial charge in [-0.25, -0.2) is 4.98 Å². The van der Waals surface area contributed by atoms with Crippen molar-refractivity contribution in [3.8, 4) is 11.4 Å². The van der Waals surface area contributed by atoms with Crippen LogP contribution in [-0.2, 0) is 0 Å². The van der Waals surface area contributed by atoms with E-state index in [-0.39, 0.29) is 0 Å². The first-order valence-corrected chi connectivity index (χ1v) is 6.04. The number of aryl methyl sites for hydroxylation is 1. The molecule has 0 unspecified atom stereocenters. The number of benzene rings is 2. The van der Waals surface area contributed by atoms with Gasteiger partial charge in [0.1, 0.15) is 11.3 Å². The number of nitrogens with one attached hydrogen (secondary N) is 1. The molecule has 1 aromatic heterocycles. The highest BCUT2D eigenvalue weighted by Crippen LogP contribution is 2.29.